The highest BCUT2D eigenvalue weighted by atomic mass is 16.5. The lowest BCUT2D eigenvalue weighted by atomic mass is 9.96. The number of aryl methyl sites for hydroxylation is 2. The number of nitrogens with one attached hydrogen (secondary N) is 2. The molecule has 3 rings (SSSR count). The van der Waals surface area contributed by atoms with Crippen molar-refractivity contribution in [1.82, 2.24) is 15.2 Å². The Labute approximate surface area is 202 Å². The molecule has 1 saturated heterocycles. The number of likely N-dealkylation sites (tertiary alicyclic amines) is 1. The van der Waals surface area contributed by atoms with Crippen molar-refractivity contribution >= 4 is 17.8 Å². The molecule has 1 aliphatic heterocycles. The normalized spacial score (nSPS) is 15.7. The number of hydrogen-bond acceptors (Lipinski definition) is 4. The molecule has 0 bridgehead atoms. The predicted octanol–water partition coefficient (Wildman–Crippen LogP) is 3.73. The Bertz CT molecular complexity index is 983. The molecule has 0 spiro atoms. The van der Waals surface area contributed by atoms with Gasteiger partial charge in [-0.1, -0.05) is 30.3 Å². The Morgan fingerprint density at radius 1 is 1.15 bits per heavy atom. The summed E-state index contributed by atoms with van der Waals surface area (Å²) < 4.78 is 5.11. The number of benzene rings is 1. The number of ether oxygens (including phenoxy) is 1. The number of hydrogen-bond donors (Lipinski definition) is 2. The molecule has 2 N–H and O–H groups in total. The monoisotopic (exact) mass is 467 g/mol. The first-order valence-electron chi connectivity index (χ1n) is 12.3. The number of piperidine rings is 1. The first-order valence-corrected chi connectivity index (χ1v) is 12.3. The van der Waals surface area contributed by atoms with Crippen molar-refractivity contribution in [2.24, 2.45) is 5.92 Å². The highest BCUT2D eigenvalue weighted by molar-refractivity contribution is 5.90. The van der Waals surface area contributed by atoms with Gasteiger partial charge >= 0.3 is 5.97 Å². The Balaban J connectivity index is 1.46. The summed E-state index contributed by atoms with van der Waals surface area (Å²) in [7, 11) is 0. The van der Waals surface area contributed by atoms with Gasteiger partial charge in [0.05, 0.1) is 12.5 Å². The number of carbonyl (C=O) groups is 3. The molecule has 1 fully saturated rings. The van der Waals surface area contributed by atoms with Gasteiger partial charge in [-0.3, -0.25) is 9.59 Å². The molecule has 7 nitrogen and oxygen atoms in total. The van der Waals surface area contributed by atoms with Crippen LogP contribution in [0, 0.1) is 19.8 Å². The van der Waals surface area contributed by atoms with Crippen molar-refractivity contribution in [2.75, 3.05) is 26.2 Å². The fraction of sp³-hybridized carbons (Fsp3) is 0.519. The van der Waals surface area contributed by atoms with Gasteiger partial charge in [0.2, 0.25) is 11.8 Å². The van der Waals surface area contributed by atoms with Crippen LogP contribution < -0.4 is 5.32 Å². The number of esters is 1. The molecule has 184 valence electrons. The molecule has 0 radical (unpaired) electrons. The Morgan fingerprint density at radius 2 is 1.91 bits per heavy atom. The molecule has 1 aliphatic rings. The van der Waals surface area contributed by atoms with E-state index in [1.54, 1.807) is 6.92 Å². The van der Waals surface area contributed by atoms with Crippen molar-refractivity contribution < 1.29 is 19.1 Å². The van der Waals surface area contributed by atoms with Crippen molar-refractivity contribution in [3.63, 3.8) is 0 Å². The fourth-order valence-corrected chi connectivity index (χ4v) is 4.67. The summed E-state index contributed by atoms with van der Waals surface area (Å²) in [5.41, 5.74) is 4.45. The molecule has 0 aliphatic carbocycles. The fourth-order valence-electron chi connectivity index (χ4n) is 4.67. The van der Waals surface area contributed by atoms with E-state index in [0.29, 0.717) is 44.8 Å². The zero-order valence-corrected chi connectivity index (χ0v) is 20.6. The van der Waals surface area contributed by atoms with Crippen molar-refractivity contribution in [1.29, 1.82) is 0 Å². The number of amides is 2. The van der Waals surface area contributed by atoms with Crippen LogP contribution in [0.3, 0.4) is 0 Å². The minimum Gasteiger partial charge on any atom is -0.461 e. The maximum absolute atomic E-state index is 12.9. The third-order valence-corrected chi connectivity index (χ3v) is 6.59. The predicted molar refractivity (Wildman–Crippen MR) is 132 cm³/mol. The molecular formula is C27H37N3O4. The lowest BCUT2D eigenvalue weighted by molar-refractivity contribution is -0.135. The van der Waals surface area contributed by atoms with Gasteiger partial charge in [-0.25, -0.2) is 4.79 Å². The number of H-pyrrole nitrogens is 1. The molecule has 1 aromatic carbocycles. The van der Waals surface area contributed by atoms with Crippen LogP contribution in [-0.2, 0) is 27.2 Å². The van der Waals surface area contributed by atoms with Gasteiger partial charge in [-0.05, 0) is 69.6 Å². The quantitative estimate of drug-likeness (QED) is 0.411. The van der Waals surface area contributed by atoms with Gasteiger partial charge in [0.25, 0.3) is 0 Å². The van der Waals surface area contributed by atoms with Crippen LogP contribution in [0.15, 0.2) is 30.3 Å². The maximum atomic E-state index is 12.9. The van der Waals surface area contributed by atoms with E-state index < -0.39 is 0 Å². The van der Waals surface area contributed by atoms with Gasteiger partial charge in [0, 0.05) is 31.7 Å². The Morgan fingerprint density at radius 3 is 2.65 bits per heavy atom. The first-order chi connectivity index (χ1) is 16.4. The average Bonchev–Trinajstić information content (AvgIpc) is 3.14. The van der Waals surface area contributed by atoms with Gasteiger partial charge in [-0.15, -0.1) is 0 Å². The Hall–Kier alpha value is -3.09. The molecule has 0 unspecified atom stereocenters. The molecule has 1 aromatic heterocycles. The van der Waals surface area contributed by atoms with Crippen LogP contribution in [0.2, 0.25) is 0 Å². The lowest BCUT2D eigenvalue weighted by Gasteiger charge is -2.32. The SMILES string of the molecule is CCOC(=O)c1[nH]c(C)c(CCC(=O)N2CCC[C@@H](C(=O)NCCCc3ccccc3)C2)c1C. The van der Waals surface area contributed by atoms with E-state index in [0.717, 1.165) is 42.5 Å². The number of carbonyl (C=O) groups excluding carboxylic acids is 3. The summed E-state index contributed by atoms with van der Waals surface area (Å²) in [6.07, 6.45) is 4.39. The smallest absolute Gasteiger partial charge is 0.355 e. The molecule has 0 saturated carbocycles. The van der Waals surface area contributed by atoms with Crippen LogP contribution in [0.25, 0.3) is 0 Å². The summed E-state index contributed by atoms with van der Waals surface area (Å²) in [4.78, 5) is 42.6. The third-order valence-electron chi connectivity index (χ3n) is 6.59. The molecule has 2 heterocycles. The number of aromatic amines is 1. The highest BCUT2D eigenvalue weighted by Gasteiger charge is 2.28. The van der Waals surface area contributed by atoms with Crippen LogP contribution >= 0.6 is 0 Å². The topological polar surface area (TPSA) is 91.5 Å². The van der Waals surface area contributed by atoms with Crippen molar-refractivity contribution in [3.8, 4) is 0 Å². The Kier molecular flexibility index (Phi) is 9.31. The van der Waals surface area contributed by atoms with E-state index in [1.165, 1.54) is 5.56 Å². The van der Waals surface area contributed by atoms with E-state index in [-0.39, 0.29) is 23.7 Å². The summed E-state index contributed by atoms with van der Waals surface area (Å²) in [6, 6.07) is 10.3. The van der Waals surface area contributed by atoms with Crippen LogP contribution in [0.5, 0.6) is 0 Å². The van der Waals surface area contributed by atoms with E-state index in [9.17, 15) is 14.4 Å². The molecular weight excluding hydrogens is 430 g/mol. The van der Waals surface area contributed by atoms with Crippen LogP contribution in [-0.4, -0.2) is 53.9 Å². The van der Waals surface area contributed by atoms with Crippen molar-refractivity contribution in [3.05, 3.63) is 58.4 Å². The minimum atomic E-state index is -0.366. The second kappa shape index (κ2) is 12.4. The number of aromatic nitrogens is 1. The summed E-state index contributed by atoms with van der Waals surface area (Å²) in [5, 5.41) is 3.05. The van der Waals surface area contributed by atoms with Gasteiger partial charge in [0.1, 0.15) is 5.69 Å². The summed E-state index contributed by atoms with van der Waals surface area (Å²) in [5.74, 6) is -0.420. The zero-order chi connectivity index (χ0) is 24.5. The maximum Gasteiger partial charge on any atom is 0.355 e. The van der Waals surface area contributed by atoms with Crippen LogP contribution in [0.4, 0.5) is 0 Å². The third kappa shape index (κ3) is 6.72. The number of rotatable bonds is 10. The highest BCUT2D eigenvalue weighted by Crippen LogP contribution is 2.22. The summed E-state index contributed by atoms with van der Waals surface area (Å²) >= 11 is 0. The number of nitrogens with zero attached hydrogens (tertiary/aromatic N) is 1. The van der Waals surface area contributed by atoms with E-state index in [2.05, 4.69) is 22.4 Å². The second-order valence-electron chi connectivity index (χ2n) is 9.01. The largest absolute Gasteiger partial charge is 0.461 e. The van der Waals surface area contributed by atoms with Gasteiger partial charge in [-0.2, -0.15) is 0 Å². The zero-order valence-electron chi connectivity index (χ0n) is 20.6. The minimum absolute atomic E-state index is 0.0435. The lowest BCUT2D eigenvalue weighted by Crippen LogP contribution is -2.45. The molecule has 7 heteroatoms. The average molecular weight is 468 g/mol. The standard InChI is InChI=1S/C27H37N3O4/c1-4-34-27(33)25-19(2)23(20(3)29-25)14-15-24(31)30-17-9-13-22(18-30)26(32)28-16-8-12-21-10-6-5-7-11-21/h5-7,10-11,22,29H,4,8-9,12-18H2,1-3H3,(H,28,32)/t22-/m1/s1. The van der Waals surface area contributed by atoms with E-state index >= 15 is 0 Å². The second-order valence-corrected chi connectivity index (χ2v) is 9.01. The summed E-state index contributed by atoms with van der Waals surface area (Å²) in [6.45, 7) is 7.70. The van der Waals surface area contributed by atoms with Crippen molar-refractivity contribution in [2.45, 2.75) is 59.3 Å². The first kappa shape index (κ1) is 25.5. The van der Waals surface area contributed by atoms with Gasteiger partial charge in [0.15, 0.2) is 0 Å². The van der Waals surface area contributed by atoms with Crippen LogP contribution in [0.1, 0.15) is 65.5 Å². The van der Waals surface area contributed by atoms with E-state index in [1.807, 2.05) is 36.9 Å². The molecule has 2 amide bonds. The van der Waals surface area contributed by atoms with E-state index in [4.69, 9.17) is 4.74 Å². The molecule has 1 atom stereocenters. The molecule has 34 heavy (non-hydrogen) atoms. The molecule has 2 aromatic rings. The van der Waals surface area contributed by atoms with Gasteiger partial charge < -0.3 is 19.9 Å².